The molecule has 0 bridgehead atoms. The van der Waals surface area contributed by atoms with Gasteiger partial charge in [0.15, 0.2) is 0 Å². The van der Waals surface area contributed by atoms with Gasteiger partial charge in [-0.3, -0.25) is 9.69 Å². The molecule has 104 valence electrons. The van der Waals surface area contributed by atoms with E-state index >= 15 is 0 Å². The number of benzene rings is 1. The number of hydrogen-bond acceptors (Lipinski definition) is 5. The van der Waals surface area contributed by atoms with Gasteiger partial charge in [-0.05, 0) is 18.2 Å². The molecule has 0 aliphatic carbocycles. The smallest absolute Gasteiger partial charge is 0.238 e. The molecule has 1 saturated heterocycles. The number of anilines is 1. The van der Waals surface area contributed by atoms with E-state index in [0.29, 0.717) is 19.8 Å². The van der Waals surface area contributed by atoms with Crippen molar-refractivity contribution in [2.75, 3.05) is 38.2 Å². The van der Waals surface area contributed by atoms with Crippen molar-refractivity contribution in [2.24, 2.45) is 0 Å². The van der Waals surface area contributed by atoms with Gasteiger partial charge in [-0.25, -0.2) is 9.97 Å². The number of ether oxygens (including phenoxy) is 1. The Bertz CT molecular complexity index is 611. The number of amides is 1. The summed E-state index contributed by atoms with van der Waals surface area (Å²) >= 11 is 0. The first-order chi connectivity index (χ1) is 9.81. The summed E-state index contributed by atoms with van der Waals surface area (Å²) in [6.45, 7) is 3.39. The molecule has 0 spiro atoms. The molecule has 0 saturated carbocycles. The van der Waals surface area contributed by atoms with Crippen LogP contribution in [0.4, 0.5) is 5.69 Å². The van der Waals surface area contributed by atoms with Crippen LogP contribution >= 0.6 is 0 Å². The van der Waals surface area contributed by atoms with Crippen molar-refractivity contribution in [3.8, 4) is 0 Å². The Balaban J connectivity index is 1.64. The maximum absolute atomic E-state index is 12.0. The van der Waals surface area contributed by atoms with E-state index in [-0.39, 0.29) is 5.91 Å². The molecule has 0 atom stereocenters. The normalized spacial score (nSPS) is 16.2. The van der Waals surface area contributed by atoms with Crippen LogP contribution in [0.5, 0.6) is 0 Å². The molecule has 0 radical (unpaired) electrons. The Kier molecular flexibility index (Phi) is 3.85. The van der Waals surface area contributed by atoms with Gasteiger partial charge in [-0.1, -0.05) is 0 Å². The van der Waals surface area contributed by atoms with E-state index in [1.165, 1.54) is 6.33 Å². The van der Waals surface area contributed by atoms with Crippen molar-refractivity contribution in [1.82, 2.24) is 14.9 Å². The molecule has 1 aromatic heterocycles. The summed E-state index contributed by atoms with van der Waals surface area (Å²) in [5.41, 5.74) is 1.64. The Morgan fingerprint density at radius 2 is 2.20 bits per heavy atom. The molecule has 1 aliphatic rings. The number of nitrogens with one attached hydrogen (secondary N) is 1. The maximum atomic E-state index is 12.0. The Morgan fingerprint density at radius 1 is 1.35 bits per heavy atom. The third-order valence-corrected chi connectivity index (χ3v) is 3.26. The Labute approximate surface area is 116 Å². The quantitative estimate of drug-likeness (QED) is 0.899. The van der Waals surface area contributed by atoms with Crippen LogP contribution < -0.4 is 5.32 Å². The summed E-state index contributed by atoms with van der Waals surface area (Å²) in [5, 5.41) is 3.82. The number of carbonyl (C=O) groups excluding carboxylic acids is 1. The summed E-state index contributed by atoms with van der Waals surface area (Å²) in [7, 11) is 0. The molecular formula is C14H16N4O2. The fraction of sp³-hybridized carbons (Fsp3) is 0.357. The van der Waals surface area contributed by atoms with Gasteiger partial charge in [0.05, 0.1) is 25.3 Å². The van der Waals surface area contributed by atoms with E-state index in [9.17, 15) is 4.79 Å². The first kappa shape index (κ1) is 13.0. The Morgan fingerprint density at radius 3 is 3.05 bits per heavy atom. The largest absolute Gasteiger partial charge is 0.379 e. The van der Waals surface area contributed by atoms with Crippen molar-refractivity contribution < 1.29 is 9.53 Å². The topological polar surface area (TPSA) is 67.3 Å². The number of fused-ring (bicyclic) bond motifs is 1. The first-order valence-corrected chi connectivity index (χ1v) is 6.61. The predicted molar refractivity (Wildman–Crippen MR) is 75.4 cm³/mol. The van der Waals surface area contributed by atoms with E-state index in [0.717, 1.165) is 29.7 Å². The number of carbonyl (C=O) groups is 1. The van der Waals surface area contributed by atoms with Crippen molar-refractivity contribution in [3.63, 3.8) is 0 Å². The van der Waals surface area contributed by atoms with Crippen LogP contribution in [0.3, 0.4) is 0 Å². The molecule has 1 amide bonds. The summed E-state index contributed by atoms with van der Waals surface area (Å²) in [4.78, 5) is 22.2. The molecule has 20 heavy (non-hydrogen) atoms. The third kappa shape index (κ3) is 3.09. The minimum atomic E-state index is -0.0110. The lowest BCUT2D eigenvalue weighted by atomic mass is 10.2. The minimum Gasteiger partial charge on any atom is -0.379 e. The van der Waals surface area contributed by atoms with Crippen LogP contribution in [0.25, 0.3) is 10.9 Å². The molecule has 1 fully saturated rings. The average molecular weight is 272 g/mol. The molecule has 1 aliphatic heterocycles. The number of aromatic nitrogens is 2. The molecule has 0 unspecified atom stereocenters. The van der Waals surface area contributed by atoms with Gasteiger partial charge in [0, 0.05) is 30.4 Å². The van der Waals surface area contributed by atoms with Crippen molar-refractivity contribution in [3.05, 3.63) is 30.7 Å². The van der Waals surface area contributed by atoms with E-state index in [1.807, 2.05) is 18.2 Å². The molecule has 6 heteroatoms. The highest BCUT2D eigenvalue weighted by Crippen LogP contribution is 2.16. The van der Waals surface area contributed by atoms with E-state index in [2.05, 4.69) is 20.2 Å². The summed E-state index contributed by atoms with van der Waals surface area (Å²) < 4.78 is 5.26. The summed E-state index contributed by atoms with van der Waals surface area (Å²) in [6, 6.07) is 5.61. The lowest BCUT2D eigenvalue weighted by Gasteiger charge is -2.25. The van der Waals surface area contributed by atoms with Gasteiger partial charge < -0.3 is 10.1 Å². The highest BCUT2D eigenvalue weighted by molar-refractivity contribution is 5.94. The molecule has 3 rings (SSSR count). The van der Waals surface area contributed by atoms with Crippen LogP contribution in [0.1, 0.15) is 0 Å². The zero-order chi connectivity index (χ0) is 13.8. The molecule has 2 heterocycles. The van der Waals surface area contributed by atoms with E-state index in [4.69, 9.17) is 4.74 Å². The number of hydrogen-bond donors (Lipinski definition) is 1. The van der Waals surface area contributed by atoms with Crippen LogP contribution in [0, 0.1) is 0 Å². The lowest BCUT2D eigenvalue weighted by molar-refractivity contribution is -0.118. The zero-order valence-corrected chi connectivity index (χ0v) is 11.1. The second kappa shape index (κ2) is 5.94. The van der Waals surface area contributed by atoms with Crippen LogP contribution in [0.15, 0.2) is 30.7 Å². The number of nitrogens with zero attached hydrogens (tertiary/aromatic N) is 3. The highest BCUT2D eigenvalue weighted by Gasteiger charge is 2.14. The second-order valence-electron chi connectivity index (χ2n) is 4.73. The monoisotopic (exact) mass is 272 g/mol. The van der Waals surface area contributed by atoms with Gasteiger partial charge in [0.2, 0.25) is 5.91 Å². The van der Waals surface area contributed by atoms with Crippen LogP contribution in [0.2, 0.25) is 0 Å². The summed E-state index contributed by atoms with van der Waals surface area (Å²) in [5.74, 6) is -0.0110. The fourth-order valence-electron chi connectivity index (χ4n) is 2.23. The standard InChI is InChI=1S/C14H16N4O2/c19-14(9-18-3-5-20-6-4-18)17-12-1-2-13-11(7-12)8-15-10-16-13/h1-2,7-8,10H,3-6,9H2,(H,17,19). The zero-order valence-electron chi connectivity index (χ0n) is 11.1. The molecule has 6 nitrogen and oxygen atoms in total. The van der Waals surface area contributed by atoms with Gasteiger partial charge >= 0.3 is 0 Å². The predicted octanol–water partition coefficient (Wildman–Crippen LogP) is 0.900. The molecule has 1 N–H and O–H groups in total. The SMILES string of the molecule is O=C(CN1CCOCC1)Nc1ccc2ncncc2c1. The van der Waals surface area contributed by atoms with Crippen molar-refractivity contribution in [1.29, 1.82) is 0 Å². The number of rotatable bonds is 3. The van der Waals surface area contributed by atoms with Gasteiger partial charge in [0.1, 0.15) is 6.33 Å². The summed E-state index contributed by atoms with van der Waals surface area (Å²) in [6.07, 6.45) is 3.25. The van der Waals surface area contributed by atoms with Crippen LogP contribution in [-0.4, -0.2) is 53.6 Å². The van der Waals surface area contributed by atoms with E-state index in [1.54, 1.807) is 6.20 Å². The average Bonchev–Trinajstić information content (AvgIpc) is 2.48. The van der Waals surface area contributed by atoms with Gasteiger partial charge in [-0.2, -0.15) is 0 Å². The third-order valence-electron chi connectivity index (χ3n) is 3.26. The van der Waals surface area contributed by atoms with Crippen LogP contribution in [-0.2, 0) is 9.53 Å². The first-order valence-electron chi connectivity index (χ1n) is 6.61. The number of morpholine rings is 1. The molecule has 1 aromatic carbocycles. The second-order valence-corrected chi connectivity index (χ2v) is 4.73. The van der Waals surface area contributed by atoms with Crippen molar-refractivity contribution in [2.45, 2.75) is 0 Å². The Hall–Kier alpha value is -2.05. The van der Waals surface area contributed by atoms with Gasteiger partial charge in [-0.15, -0.1) is 0 Å². The maximum Gasteiger partial charge on any atom is 0.238 e. The van der Waals surface area contributed by atoms with Crippen molar-refractivity contribution >= 4 is 22.5 Å². The lowest BCUT2D eigenvalue weighted by Crippen LogP contribution is -2.41. The molecule has 2 aromatic rings. The van der Waals surface area contributed by atoms with Gasteiger partial charge in [0.25, 0.3) is 0 Å². The molecular weight excluding hydrogens is 256 g/mol. The fourth-order valence-corrected chi connectivity index (χ4v) is 2.23. The van der Waals surface area contributed by atoms with E-state index < -0.39 is 0 Å². The highest BCUT2D eigenvalue weighted by atomic mass is 16.5. The minimum absolute atomic E-state index is 0.0110.